The molecule has 0 aromatic heterocycles. The lowest BCUT2D eigenvalue weighted by atomic mass is 10.0. The van der Waals surface area contributed by atoms with Gasteiger partial charge < -0.3 is 15.1 Å². The molecule has 4 nitrogen and oxygen atoms in total. The number of nitrogens with zero attached hydrogens (tertiary/aromatic N) is 2. The Morgan fingerprint density at radius 3 is 2.74 bits per heavy atom. The van der Waals surface area contributed by atoms with Gasteiger partial charge in [0.25, 0.3) is 5.91 Å². The molecule has 0 saturated carbocycles. The van der Waals surface area contributed by atoms with E-state index < -0.39 is 0 Å². The molecule has 1 fully saturated rings. The summed E-state index contributed by atoms with van der Waals surface area (Å²) in [5.41, 5.74) is 3.19. The van der Waals surface area contributed by atoms with Crippen molar-refractivity contribution in [3.05, 3.63) is 65.7 Å². The van der Waals surface area contributed by atoms with Gasteiger partial charge in [0.1, 0.15) is 0 Å². The molecule has 2 aromatic rings. The van der Waals surface area contributed by atoms with E-state index in [-0.39, 0.29) is 11.9 Å². The molecule has 4 heteroatoms. The molecule has 0 radical (unpaired) electrons. The zero-order valence-corrected chi connectivity index (χ0v) is 16.5. The lowest BCUT2D eigenvalue weighted by molar-refractivity contribution is 0.0903. The molecule has 1 aliphatic rings. The minimum atomic E-state index is 0.0369. The molecule has 0 bridgehead atoms. The first-order valence-electron chi connectivity index (χ1n) is 9.96. The number of benzene rings is 2. The van der Waals surface area contributed by atoms with E-state index in [0.29, 0.717) is 0 Å². The number of amides is 1. The van der Waals surface area contributed by atoms with Crippen molar-refractivity contribution in [1.29, 1.82) is 0 Å². The van der Waals surface area contributed by atoms with Crippen LogP contribution in [-0.4, -0.2) is 50.6 Å². The van der Waals surface area contributed by atoms with Crippen molar-refractivity contribution < 1.29 is 4.79 Å². The van der Waals surface area contributed by atoms with Crippen LogP contribution in [0.4, 0.5) is 5.69 Å². The summed E-state index contributed by atoms with van der Waals surface area (Å²) in [6, 6.07) is 18.7. The average Bonchev–Trinajstić information content (AvgIpc) is 2.69. The summed E-state index contributed by atoms with van der Waals surface area (Å²) in [7, 11) is 3.98. The Morgan fingerprint density at radius 1 is 1.15 bits per heavy atom. The summed E-state index contributed by atoms with van der Waals surface area (Å²) in [6.45, 7) is 3.18. The maximum atomic E-state index is 12.6. The van der Waals surface area contributed by atoms with Crippen LogP contribution in [0.15, 0.2) is 54.6 Å². The van der Waals surface area contributed by atoms with Crippen molar-refractivity contribution in [2.45, 2.75) is 31.7 Å². The molecule has 1 N–H and O–H groups in total. The lowest BCUT2D eigenvalue weighted by Gasteiger charge is -2.33. The summed E-state index contributed by atoms with van der Waals surface area (Å²) in [4.78, 5) is 17.2. The fourth-order valence-electron chi connectivity index (χ4n) is 3.72. The van der Waals surface area contributed by atoms with E-state index in [0.717, 1.165) is 56.6 Å². The monoisotopic (exact) mass is 365 g/mol. The standard InChI is InChI=1S/C23H31N3O/c1-25(2)22-14-6-12-20(17-22)23(27)24-21-13-8-16-26(18-21)15-7-11-19-9-4-3-5-10-19/h3-6,9-10,12,14,17,21H,7-8,11,13,15-16,18H2,1-2H3,(H,24,27). The largest absolute Gasteiger partial charge is 0.378 e. The third kappa shape index (κ3) is 5.83. The fraction of sp³-hybridized carbons (Fsp3) is 0.435. The first-order chi connectivity index (χ1) is 13.1. The summed E-state index contributed by atoms with van der Waals surface area (Å²) >= 11 is 0. The molecule has 144 valence electrons. The van der Waals surface area contributed by atoms with Gasteiger partial charge in [-0.2, -0.15) is 0 Å². The molecule has 1 amide bonds. The Labute approximate surface area is 163 Å². The van der Waals surface area contributed by atoms with Gasteiger partial charge in [-0.15, -0.1) is 0 Å². The van der Waals surface area contributed by atoms with E-state index in [1.54, 1.807) is 0 Å². The molecule has 1 atom stereocenters. The quantitative estimate of drug-likeness (QED) is 0.815. The number of aryl methyl sites for hydroxylation is 1. The number of nitrogens with one attached hydrogen (secondary N) is 1. The summed E-state index contributed by atoms with van der Waals surface area (Å²) in [5, 5.41) is 3.24. The Kier molecular flexibility index (Phi) is 6.88. The van der Waals surface area contributed by atoms with Gasteiger partial charge in [0, 0.05) is 37.9 Å². The zero-order valence-electron chi connectivity index (χ0n) is 16.5. The molecule has 2 aromatic carbocycles. The van der Waals surface area contributed by atoms with Crippen LogP contribution in [0.5, 0.6) is 0 Å². The molecule has 27 heavy (non-hydrogen) atoms. The van der Waals surface area contributed by atoms with E-state index >= 15 is 0 Å². The molecule has 1 aliphatic heterocycles. The molecule has 1 saturated heterocycles. The Balaban J connectivity index is 1.47. The molecular weight excluding hydrogens is 334 g/mol. The van der Waals surface area contributed by atoms with Gasteiger partial charge in [-0.3, -0.25) is 4.79 Å². The van der Waals surface area contributed by atoms with Gasteiger partial charge in [-0.1, -0.05) is 36.4 Å². The first kappa shape index (κ1) is 19.4. The van der Waals surface area contributed by atoms with E-state index in [9.17, 15) is 4.79 Å². The number of carbonyl (C=O) groups is 1. The van der Waals surface area contributed by atoms with Gasteiger partial charge >= 0.3 is 0 Å². The number of hydrogen-bond donors (Lipinski definition) is 1. The van der Waals surface area contributed by atoms with Gasteiger partial charge in [-0.25, -0.2) is 0 Å². The molecule has 3 rings (SSSR count). The highest BCUT2D eigenvalue weighted by molar-refractivity contribution is 5.95. The number of carbonyl (C=O) groups excluding carboxylic acids is 1. The van der Waals surface area contributed by atoms with E-state index in [1.807, 2.05) is 43.3 Å². The lowest BCUT2D eigenvalue weighted by Crippen LogP contribution is -2.48. The second kappa shape index (κ2) is 9.56. The molecule has 0 spiro atoms. The van der Waals surface area contributed by atoms with Crippen molar-refractivity contribution in [3.8, 4) is 0 Å². The second-order valence-electron chi connectivity index (χ2n) is 7.65. The van der Waals surface area contributed by atoms with E-state index in [2.05, 4.69) is 40.5 Å². The van der Waals surface area contributed by atoms with Crippen LogP contribution < -0.4 is 10.2 Å². The smallest absolute Gasteiger partial charge is 0.251 e. The third-order valence-electron chi connectivity index (χ3n) is 5.25. The first-order valence-corrected chi connectivity index (χ1v) is 9.96. The highest BCUT2D eigenvalue weighted by Crippen LogP contribution is 2.15. The summed E-state index contributed by atoms with van der Waals surface area (Å²) in [5.74, 6) is 0.0369. The van der Waals surface area contributed by atoms with Crippen molar-refractivity contribution in [1.82, 2.24) is 10.2 Å². The van der Waals surface area contributed by atoms with Crippen LogP contribution in [0.1, 0.15) is 35.2 Å². The Morgan fingerprint density at radius 2 is 1.96 bits per heavy atom. The summed E-state index contributed by atoms with van der Waals surface area (Å²) in [6.07, 6.45) is 4.49. The van der Waals surface area contributed by atoms with Crippen LogP contribution in [0.3, 0.4) is 0 Å². The topological polar surface area (TPSA) is 35.6 Å². The minimum Gasteiger partial charge on any atom is -0.378 e. The maximum Gasteiger partial charge on any atom is 0.251 e. The fourth-order valence-corrected chi connectivity index (χ4v) is 3.72. The highest BCUT2D eigenvalue weighted by atomic mass is 16.1. The predicted molar refractivity (Wildman–Crippen MR) is 112 cm³/mol. The van der Waals surface area contributed by atoms with Gasteiger partial charge in [0.15, 0.2) is 0 Å². The number of piperidine rings is 1. The highest BCUT2D eigenvalue weighted by Gasteiger charge is 2.21. The summed E-state index contributed by atoms with van der Waals surface area (Å²) < 4.78 is 0. The Bertz CT molecular complexity index is 729. The Hall–Kier alpha value is -2.33. The van der Waals surface area contributed by atoms with Crippen LogP contribution in [0.2, 0.25) is 0 Å². The van der Waals surface area contributed by atoms with Crippen molar-refractivity contribution in [3.63, 3.8) is 0 Å². The van der Waals surface area contributed by atoms with E-state index in [4.69, 9.17) is 0 Å². The minimum absolute atomic E-state index is 0.0369. The SMILES string of the molecule is CN(C)c1cccc(C(=O)NC2CCCN(CCCc3ccccc3)C2)c1. The van der Waals surface area contributed by atoms with Crippen molar-refractivity contribution >= 4 is 11.6 Å². The van der Waals surface area contributed by atoms with Crippen molar-refractivity contribution in [2.24, 2.45) is 0 Å². The van der Waals surface area contributed by atoms with Gasteiger partial charge in [0.2, 0.25) is 0 Å². The zero-order chi connectivity index (χ0) is 19.1. The second-order valence-corrected chi connectivity index (χ2v) is 7.65. The van der Waals surface area contributed by atoms with Crippen LogP contribution in [0, 0.1) is 0 Å². The number of rotatable bonds is 7. The van der Waals surface area contributed by atoms with Gasteiger partial charge in [0.05, 0.1) is 0 Å². The van der Waals surface area contributed by atoms with Crippen molar-refractivity contribution in [2.75, 3.05) is 38.6 Å². The molecule has 0 aliphatic carbocycles. The van der Waals surface area contributed by atoms with E-state index in [1.165, 1.54) is 5.56 Å². The molecular formula is C23H31N3O. The van der Waals surface area contributed by atoms with Crippen LogP contribution in [-0.2, 0) is 6.42 Å². The number of likely N-dealkylation sites (tertiary alicyclic amines) is 1. The number of hydrogen-bond acceptors (Lipinski definition) is 3. The predicted octanol–water partition coefficient (Wildman–Crippen LogP) is 3.58. The maximum absolute atomic E-state index is 12.6. The number of anilines is 1. The van der Waals surface area contributed by atoms with Gasteiger partial charge in [-0.05, 0) is 62.5 Å². The van der Waals surface area contributed by atoms with Crippen LogP contribution in [0.25, 0.3) is 0 Å². The average molecular weight is 366 g/mol. The third-order valence-corrected chi connectivity index (χ3v) is 5.25. The molecule has 1 heterocycles. The van der Waals surface area contributed by atoms with Crippen LogP contribution >= 0.6 is 0 Å². The normalized spacial score (nSPS) is 17.5. The molecule has 1 unspecified atom stereocenters.